The van der Waals surface area contributed by atoms with Gasteiger partial charge in [0.15, 0.2) is 6.29 Å². The molecule has 0 aromatic heterocycles. The predicted molar refractivity (Wildman–Crippen MR) is 154 cm³/mol. The van der Waals surface area contributed by atoms with E-state index in [1.165, 1.54) is 0 Å². The highest BCUT2D eigenvalue weighted by Gasteiger charge is 2.30. The summed E-state index contributed by atoms with van der Waals surface area (Å²) in [6.45, 7) is -0.356. The third kappa shape index (κ3) is 9.56. The highest BCUT2D eigenvalue weighted by atomic mass is 19.4. The molecule has 0 fully saturated rings. The number of hydrazine groups is 1. The Morgan fingerprint density at radius 2 is 1.41 bits per heavy atom. The monoisotopic (exact) mass is 609 g/mol. The molecule has 12 heteroatoms. The van der Waals surface area contributed by atoms with Crippen LogP contribution in [0.3, 0.4) is 0 Å². The Labute approximate surface area is 251 Å². The molecule has 0 heterocycles. The van der Waals surface area contributed by atoms with Gasteiger partial charge in [0, 0.05) is 5.56 Å². The highest BCUT2D eigenvalue weighted by molar-refractivity contribution is 5.95. The number of nitrogens with one attached hydrogen (secondary N) is 2. The summed E-state index contributed by atoms with van der Waals surface area (Å²) in [4.78, 5) is 26.4. The summed E-state index contributed by atoms with van der Waals surface area (Å²) in [5, 5.41) is 23.1. The van der Waals surface area contributed by atoms with E-state index in [2.05, 4.69) is 10.7 Å². The number of aliphatic hydroxyl groups excluding tert-OH is 1. The van der Waals surface area contributed by atoms with Gasteiger partial charge >= 0.3 is 12.2 Å². The van der Waals surface area contributed by atoms with Crippen LogP contribution in [0.2, 0.25) is 0 Å². The van der Waals surface area contributed by atoms with Gasteiger partial charge in [0.05, 0.1) is 25.3 Å². The molecule has 0 aliphatic rings. The van der Waals surface area contributed by atoms with Gasteiger partial charge in [-0.1, -0.05) is 60.7 Å². The lowest BCUT2D eigenvalue weighted by atomic mass is 10.1. The van der Waals surface area contributed by atoms with Crippen LogP contribution in [-0.2, 0) is 24.1 Å². The fourth-order valence-corrected chi connectivity index (χ4v) is 3.99. The number of benzene rings is 4. The molecule has 9 nitrogen and oxygen atoms in total. The van der Waals surface area contributed by atoms with Gasteiger partial charge in [-0.3, -0.25) is 10.2 Å². The van der Waals surface area contributed by atoms with Crippen molar-refractivity contribution in [3.05, 3.63) is 131 Å². The van der Waals surface area contributed by atoms with E-state index >= 15 is 0 Å². The fourth-order valence-electron chi connectivity index (χ4n) is 3.99. The molecule has 4 aromatic rings. The minimum absolute atomic E-state index is 0.137. The van der Waals surface area contributed by atoms with E-state index in [4.69, 9.17) is 9.47 Å². The first-order valence-corrected chi connectivity index (χ1v) is 13.4. The Bertz CT molecular complexity index is 1500. The number of halogens is 3. The van der Waals surface area contributed by atoms with Crippen molar-refractivity contribution in [2.75, 3.05) is 6.61 Å². The van der Waals surface area contributed by atoms with Gasteiger partial charge < -0.3 is 25.0 Å². The van der Waals surface area contributed by atoms with E-state index in [9.17, 15) is 33.0 Å². The van der Waals surface area contributed by atoms with Crippen LogP contribution in [0, 0.1) is 0 Å². The lowest BCUT2D eigenvalue weighted by Gasteiger charge is -2.28. The first-order valence-electron chi connectivity index (χ1n) is 13.4. The number of hydrogen-bond donors (Lipinski definition) is 4. The minimum Gasteiger partial charge on any atom is -0.457 e. The van der Waals surface area contributed by atoms with Crippen molar-refractivity contribution < 1.29 is 42.4 Å². The summed E-state index contributed by atoms with van der Waals surface area (Å²) < 4.78 is 50.4. The zero-order chi connectivity index (χ0) is 31.5. The molecule has 0 bridgehead atoms. The summed E-state index contributed by atoms with van der Waals surface area (Å²) in [7, 11) is 0. The first-order chi connectivity index (χ1) is 21.1. The number of ether oxygens (including phenoxy) is 2. The number of para-hydroxylation sites is 1. The van der Waals surface area contributed by atoms with Crippen LogP contribution in [0.1, 0.15) is 27.0 Å². The molecule has 0 aliphatic carbocycles. The Morgan fingerprint density at radius 1 is 0.795 bits per heavy atom. The van der Waals surface area contributed by atoms with Crippen molar-refractivity contribution in [2.45, 2.75) is 31.7 Å². The zero-order valence-electron chi connectivity index (χ0n) is 23.3. The van der Waals surface area contributed by atoms with E-state index < -0.39 is 36.0 Å². The number of amides is 3. The Hall–Kier alpha value is -4.91. The number of carbonyl (C=O) groups is 2. The summed E-state index contributed by atoms with van der Waals surface area (Å²) in [6.07, 6.45) is -6.60. The van der Waals surface area contributed by atoms with Crippen LogP contribution in [0.4, 0.5) is 18.0 Å². The molecule has 0 unspecified atom stereocenters. The van der Waals surface area contributed by atoms with E-state index in [0.717, 1.165) is 34.8 Å². The van der Waals surface area contributed by atoms with Gasteiger partial charge in [0.25, 0.3) is 5.91 Å². The summed E-state index contributed by atoms with van der Waals surface area (Å²) in [5.74, 6) is 0.151. The standard InChI is InChI=1S/C32H30F3N3O6/c33-32(34,35)25-16-14-24(15-17-25)29(39)37-38(19-23-10-7-13-27(18-23)44-26-11-5-2-6-12-26)31(42)36-28(30(40)41)21-43-20-22-8-3-1-4-9-22/h1-18,28,30,40-41H,19-21H2,(H,36,42)(H,37,39)/t28-/m0/s1. The number of carbonyl (C=O) groups excluding carboxylic acids is 2. The van der Waals surface area contributed by atoms with Gasteiger partial charge in [-0.05, 0) is 59.7 Å². The van der Waals surface area contributed by atoms with E-state index in [0.29, 0.717) is 17.1 Å². The molecule has 0 aliphatic heterocycles. The number of hydrogen-bond acceptors (Lipinski definition) is 6. The predicted octanol–water partition coefficient (Wildman–Crippen LogP) is 5.25. The zero-order valence-corrected chi connectivity index (χ0v) is 23.3. The fraction of sp³-hybridized carbons (Fsp3) is 0.188. The number of aliphatic hydroxyl groups is 2. The van der Waals surface area contributed by atoms with Crippen molar-refractivity contribution in [2.24, 2.45) is 0 Å². The van der Waals surface area contributed by atoms with Crippen molar-refractivity contribution in [1.82, 2.24) is 15.8 Å². The molecule has 3 amide bonds. The van der Waals surface area contributed by atoms with Crippen molar-refractivity contribution in [3.63, 3.8) is 0 Å². The molecule has 0 spiro atoms. The Balaban J connectivity index is 1.50. The molecule has 4 N–H and O–H groups in total. The highest BCUT2D eigenvalue weighted by Crippen LogP contribution is 2.29. The summed E-state index contributed by atoms with van der Waals surface area (Å²) >= 11 is 0. The third-order valence-corrected chi connectivity index (χ3v) is 6.25. The SMILES string of the molecule is O=C(NN(Cc1cccc(Oc2ccccc2)c1)C(=O)N[C@@H](COCc1ccccc1)C(O)O)c1ccc(C(F)(F)F)cc1. The second-order valence-corrected chi connectivity index (χ2v) is 9.64. The van der Waals surface area contributed by atoms with Gasteiger partial charge in [-0.2, -0.15) is 13.2 Å². The lowest BCUT2D eigenvalue weighted by molar-refractivity contribution is -0.137. The molecule has 44 heavy (non-hydrogen) atoms. The number of urea groups is 1. The average molecular weight is 610 g/mol. The first kappa shape index (κ1) is 32.0. The van der Waals surface area contributed by atoms with Gasteiger partial charge in [-0.15, -0.1) is 0 Å². The molecule has 230 valence electrons. The maximum Gasteiger partial charge on any atom is 0.416 e. The topological polar surface area (TPSA) is 120 Å². The Morgan fingerprint density at radius 3 is 2.05 bits per heavy atom. The average Bonchev–Trinajstić information content (AvgIpc) is 3.01. The summed E-state index contributed by atoms with van der Waals surface area (Å²) in [5.41, 5.74) is 2.66. The van der Waals surface area contributed by atoms with Gasteiger partial charge in [0.2, 0.25) is 0 Å². The third-order valence-electron chi connectivity index (χ3n) is 6.25. The smallest absolute Gasteiger partial charge is 0.416 e. The van der Waals surface area contributed by atoms with Crippen molar-refractivity contribution in [1.29, 1.82) is 0 Å². The van der Waals surface area contributed by atoms with Crippen LogP contribution < -0.4 is 15.5 Å². The van der Waals surface area contributed by atoms with E-state index in [-0.39, 0.29) is 25.3 Å². The lowest BCUT2D eigenvalue weighted by Crippen LogP contribution is -2.55. The maximum absolute atomic E-state index is 13.4. The Kier molecular flexibility index (Phi) is 10.9. The van der Waals surface area contributed by atoms with Gasteiger partial charge in [-0.25, -0.2) is 9.80 Å². The molecular formula is C32H30F3N3O6. The van der Waals surface area contributed by atoms with Crippen molar-refractivity contribution in [3.8, 4) is 11.5 Å². The maximum atomic E-state index is 13.4. The molecule has 0 saturated carbocycles. The van der Waals surface area contributed by atoms with Crippen LogP contribution >= 0.6 is 0 Å². The molecular weight excluding hydrogens is 579 g/mol. The summed E-state index contributed by atoms with van der Waals surface area (Å²) in [6, 6.07) is 26.0. The molecule has 4 aromatic carbocycles. The largest absolute Gasteiger partial charge is 0.457 e. The number of alkyl halides is 3. The van der Waals surface area contributed by atoms with Crippen LogP contribution in [-0.4, -0.2) is 46.1 Å². The number of rotatable bonds is 11. The second-order valence-electron chi connectivity index (χ2n) is 9.64. The molecule has 0 radical (unpaired) electrons. The molecule has 4 rings (SSSR count). The quantitative estimate of drug-likeness (QED) is 0.136. The van der Waals surface area contributed by atoms with Crippen LogP contribution in [0.5, 0.6) is 11.5 Å². The normalized spacial score (nSPS) is 12.0. The van der Waals surface area contributed by atoms with Crippen LogP contribution in [0.15, 0.2) is 109 Å². The van der Waals surface area contributed by atoms with Crippen LogP contribution in [0.25, 0.3) is 0 Å². The van der Waals surface area contributed by atoms with Gasteiger partial charge in [0.1, 0.15) is 17.5 Å². The molecule has 1 atom stereocenters. The van der Waals surface area contributed by atoms with E-state index in [1.54, 1.807) is 48.5 Å². The second kappa shape index (κ2) is 15.0. The minimum atomic E-state index is -4.59. The van der Waals surface area contributed by atoms with E-state index in [1.807, 2.05) is 36.4 Å². The van der Waals surface area contributed by atoms with Crippen molar-refractivity contribution >= 4 is 11.9 Å². The molecule has 0 saturated heterocycles. The number of nitrogens with zero attached hydrogens (tertiary/aromatic N) is 1.